The fraction of sp³-hybridized carbons (Fsp3) is 0.0149. The molecule has 70 heavy (non-hydrogen) atoms. The van der Waals surface area contributed by atoms with Gasteiger partial charge in [-0.25, -0.2) is 0 Å². The SMILES string of the molecule is c1ccc(C2(c3ccccc3)c3ccccc3-c3cc(N(c4ccc(-c5ccc(-n6c7ccccc7c7ccccc76)cc5)cc4)c4cccc(-c5cccc6c5sc5ccccc56)c4)ccc32)cc1. The molecule has 0 bridgehead atoms. The molecule has 0 fully saturated rings. The molecular weight excluding hydrogens is 865 g/mol. The standard InChI is InChI=1S/C67H44N2S/c1-3-18-48(19-4-1)67(49-20-5-2-6-21-49)61-29-11-7-23-55(61)60-44-53(41-42-62(60)67)68(52-22-15-17-47(43-52)54-27-16-28-59-58-26-10-14-32-65(58)70-66(54)59)50-37-33-45(34-38-50)46-35-39-51(40-36-46)69-63-30-12-8-24-56(63)57-25-9-13-31-64(57)69/h1-44H. The molecular formula is C67H44N2S. The van der Waals surface area contributed by atoms with Crippen LogP contribution < -0.4 is 4.90 Å². The van der Waals surface area contributed by atoms with Crippen LogP contribution in [0.3, 0.4) is 0 Å². The van der Waals surface area contributed by atoms with Gasteiger partial charge in [0.25, 0.3) is 0 Å². The summed E-state index contributed by atoms with van der Waals surface area (Å²) in [5.41, 5.74) is 18.8. The number of aromatic nitrogens is 1. The van der Waals surface area contributed by atoms with Crippen molar-refractivity contribution in [2.45, 2.75) is 5.41 Å². The monoisotopic (exact) mass is 908 g/mol. The molecule has 0 saturated carbocycles. The lowest BCUT2D eigenvalue weighted by molar-refractivity contribution is 0.768. The normalized spacial score (nSPS) is 12.7. The van der Waals surface area contributed by atoms with E-state index < -0.39 is 5.41 Å². The molecule has 0 saturated heterocycles. The van der Waals surface area contributed by atoms with Crippen LogP contribution in [0.15, 0.2) is 267 Å². The summed E-state index contributed by atoms with van der Waals surface area (Å²) in [5.74, 6) is 0. The predicted molar refractivity (Wildman–Crippen MR) is 297 cm³/mol. The Morgan fingerprint density at radius 2 is 0.857 bits per heavy atom. The Balaban J connectivity index is 0.913. The van der Waals surface area contributed by atoms with E-state index in [0.29, 0.717) is 0 Å². The van der Waals surface area contributed by atoms with Crippen LogP contribution in [0.1, 0.15) is 22.3 Å². The average Bonchev–Trinajstić information content (AvgIpc) is 4.09. The fourth-order valence-electron chi connectivity index (χ4n) is 11.6. The summed E-state index contributed by atoms with van der Waals surface area (Å²) in [5, 5.41) is 5.15. The maximum absolute atomic E-state index is 2.44. The maximum Gasteiger partial charge on any atom is 0.0713 e. The number of para-hydroxylation sites is 2. The van der Waals surface area contributed by atoms with Crippen molar-refractivity contribution in [2.24, 2.45) is 0 Å². The number of nitrogens with zero attached hydrogens (tertiary/aromatic N) is 2. The second-order valence-electron chi connectivity index (χ2n) is 18.4. The minimum absolute atomic E-state index is 0.473. The Labute approximate surface area is 411 Å². The molecule has 2 heterocycles. The summed E-state index contributed by atoms with van der Waals surface area (Å²) >= 11 is 1.88. The third kappa shape index (κ3) is 6.19. The lowest BCUT2D eigenvalue weighted by Gasteiger charge is -2.34. The van der Waals surface area contributed by atoms with E-state index in [2.05, 4.69) is 276 Å². The summed E-state index contributed by atoms with van der Waals surface area (Å²) in [6.45, 7) is 0. The first-order valence-corrected chi connectivity index (χ1v) is 24.9. The van der Waals surface area contributed by atoms with Crippen molar-refractivity contribution in [1.29, 1.82) is 0 Å². The van der Waals surface area contributed by atoms with Crippen molar-refractivity contribution in [2.75, 3.05) is 4.90 Å². The molecule has 1 aliphatic carbocycles. The van der Waals surface area contributed by atoms with Crippen molar-refractivity contribution in [1.82, 2.24) is 4.57 Å². The molecule has 14 rings (SSSR count). The van der Waals surface area contributed by atoms with Crippen molar-refractivity contribution < 1.29 is 0 Å². The molecule has 1 aliphatic rings. The van der Waals surface area contributed by atoms with Gasteiger partial charge < -0.3 is 9.47 Å². The number of thiophene rings is 1. The first-order valence-electron chi connectivity index (χ1n) is 24.1. The highest BCUT2D eigenvalue weighted by atomic mass is 32.1. The second kappa shape index (κ2) is 16.2. The molecule has 2 nitrogen and oxygen atoms in total. The van der Waals surface area contributed by atoms with Crippen molar-refractivity contribution in [3.63, 3.8) is 0 Å². The quantitative estimate of drug-likeness (QED) is 0.147. The zero-order chi connectivity index (χ0) is 46.2. The van der Waals surface area contributed by atoms with Gasteiger partial charge in [0.2, 0.25) is 0 Å². The van der Waals surface area contributed by atoms with Gasteiger partial charge in [0.05, 0.1) is 16.4 Å². The average molecular weight is 909 g/mol. The molecule has 0 aliphatic heterocycles. The zero-order valence-electron chi connectivity index (χ0n) is 38.2. The van der Waals surface area contributed by atoms with E-state index in [-0.39, 0.29) is 0 Å². The lowest BCUT2D eigenvalue weighted by atomic mass is 9.68. The lowest BCUT2D eigenvalue weighted by Crippen LogP contribution is -2.28. The van der Waals surface area contributed by atoms with Gasteiger partial charge in [0.1, 0.15) is 0 Å². The van der Waals surface area contributed by atoms with Crippen LogP contribution in [-0.4, -0.2) is 4.57 Å². The van der Waals surface area contributed by atoms with E-state index >= 15 is 0 Å². The molecule has 3 heteroatoms. The van der Waals surface area contributed by atoms with Crippen LogP contribution >= 0.6 is 11.3 Å². The summed E-state index contributed by atoms with van der Waals surface area (Å²) in [6.07, 6.45) is 0. The molecule has 2 aromatic heterocycles. The molecule has 0 unspecified atom stereocenters. The molecule has 0 radical (unpaired) electrons. The zero-order valence-corrected chi connectivity index (χ0v) is 39.0. The van der Waals surface area contributed by atoms with Gasteiger partial charge in [-0.05, 0) is 122 Å². The van der Waals surface area contributed by atoms with Crippen molar-refractivity contribution in [3.05, 3.63) is 289 Å². The predicted octanol–water partition coefficient (Wildman–Crippen LogP) is 18.3. The van der Waals surface area contributed by atoms with Crippen LogP contribution in [0.5, 0.6) is 0 Å². The van der Waals surface area contributed by atoms with Gasteiger partial charge in [-0.1, -0.05) is 200 Å². The van der Waals surface area contributed by atoms with Crippen LogP contribution in [0.4, 0.5) is 17.1 Å². The number of fused-ring (bicyclic) bond motifs is 9. The molecule has 0 amide bonds. The number of rotatable bonds is 8. The molecule has 0 atom stereocenters. The first-order chi connectivity index (χ1) is 34.7. The Morgan fingerprint density at radius 3 is 1.57 bits per heavy atom. The third-order valence-electron chi connectivity index (χ3n) is 14.7. The van der Waals surface area contributed by atoms with Crippen molar-refractivity contribution >= 4 is 70.4 Å². The number of benzene rings is 11. The van der Waals surface area contributed by atoms with Gasteiger partial charge >= 0.3 is 0 Å². The van der Waals surface area contributed by atoms with Gasteiger partial charge in [0.15, 0.2) is 0 Å². The number of hydrogen-bond acceptors (Lipinski definition) is 2. The second-order valence-corrected chi connectivity index (χ2v) is 19.4. The number of anilines is 3. The fourth-order valence-corrected chi connectivity index (χ4v) is 12.9. The topological polar surface area (TPSA) is 8.17 Å². The van der Waals surface area contributed by atoms with Crippen LogP contribution in [0.2, 0.25) is 0 Å². The molecule has 0 N–H and O–H groups in total. The Morgan fingerprint density at radius 1 is 0.329 bits per heavy atom. The summed E-state index contributed by atoms with van der Waals surface area (Å²) in [7, 11) is 0. The van der Waals surface area contributed by atoms with Crippen molar-refractivity contribution in [3.8, 4) is 39.1 Å². The largest absolute Gasteiger partial charge is 0.310 e. The third-order valence-corrected chi connectivity index (χ3v) is 15.9. The highest BCUT2D eigenvalue weighted by Crippen LogP contribution is 2.57. The molecule has 11 aromatic carbocycles. The van der Waals surface area contributed by atoms with E-state index in [0.717, 1.165) is 22.7 Å². The Hall–Kier alpha value is -8.76. The number of hydrogen-bond donors (Lipinski definition) is 0. The van der Waals surface area contributed by atoms with Gasteiger partial charge in [-0.3, -0.25) is 0 Å². The summed E-state index contributed by atoms with van der Waals surface area (Å²) in [4.78, 5) is 2.44. The Bertz CT molecular complexity index is 4020. The van der Waals surface area contributed by atoms with Gasteiger partial charge in [-0.2, -0.15) is 0 Å². The van der Waals surface area contributed by atoms with E-state index in [9.17, 15) is 0 Å². The summed E-state index contributed by atoms with van der Waals surface area (Å²) < 4.78 is 5.00. The van der Waals surface area contributed by atoms with Crippen LogP contribution in [-0.2, 0) is 5.41 Å². The van der Waals surface area contributed by atoms with E-state index in [1.807, 2.05) is 11.3 Å². The minimum atomic E-state index is -0.473. The highest BCUT2D eigenvalue weighted by Gasteiger charge is 2.46. The first kappa shape index (κ1) is 40.3. The summed E-state index contributed by atoms with van der Waals surface area (Å²) in [6, 6.07) is 98.5. The molecule has 13 aromatic rings. The maximum atomic E-state index is 2.44. The molecule has 328 valence electrons. The van der Waals surface area contributed by atoms with Gasteiger partial charge in [-0.15, -0.1) is 11.3 Å². The van der Waals surface area contributed by atoms with E-state index in [1.165, 1.54) is 97.6 Å². The minimum Gasteiger partial charge on any atom is -0.310 e. The van der Waals surface area contributed by atoms with E-state index in [1.54, 1.807) is 0 Å². The molecule has 0 spiro atoms. The smallest absolute Gasteiger partial charge is 0.0713 e. The van der Waals surface area contributed by atoms with Gasteiger partial charge in [0, 0.05) is 53.7 Å². The Kier molecular flexibility index (Phi) is 9.33. The van der Waals surface area contributed by atoms with Crippen LogP contribution in [0, 0.1) is 0 Å². The van der Waals surface area contributed by atoms with Crippen LogP contribution in [0.25, 0.3) is 81.0 Å². The highest BCUT2D eigenvalue weighted by molar-refractivity contribution is 7.26. The van der Waals surface area contributed by atoms with E-state index in [4.69, 9.17) is 0 Å².